The standard InChI is InChI=1S/C14H18ClNO2/c1-4-16(10(2)3)13-7-5-11(9-12(13)15)6-8-14(17)18/h5-10H,4H2,1-3H3,(H,17,18)/b8-6+. The highest BCUT2D eigenvalue weighted by atomic mass is 35.5. The molecule has 0 saturated heterocycles. The molecule has 4 heteroatoms. The fraction of sp³-hybridized carbons (Fsp3) is 0.357. The molecule has 0 atom stereocenters. The van der Waals surface area contributed by atoms with Gasteiger partial charge in [0.15, 0.2) is 0 Å². The number of hydrogen-bond donors (Lipinski definition) is 1. The molecule has 0 spiro atoms. The first-order valence-corrected chi connectivity index (χ1v) is 6.30. The van der Waals surface area contributed by atoms with Crippen LogP contribution in [0.25, 0.3) is 6.08 Å². The molecule has 1 aromatic carbocycles. The Morgan fingerprint density at radius 1 is 1.50 bits per heavy atom. The molecule has 98 valence electrons. The molecule has 1 aromatic rings. The number of carboxylic acids is 1. The highest BCUT2D eigenvalue weighted by Gasteiger charge is 2.11. The molecule has 0 aliphatic carbocycles. The van der Waals surface area contributed by atoms with Gasteiger partial charge in [0.25, 0.3) is 0 Å². The number of rotatable bonds is 5. The smallest absolute Gasteiger partial charge is 0.328 e. The molecular weight excluding hydrogens is 250 g/mol. The Morgan fingerprint density at radius 2 is 2.17 bits per heavy atom. The van der Waals surface area contributed by atoms with Gasteiger partial charge in [-0.1, -0.05) is 17.7 Å². The van der Waals surface area contributed by atoms with Crippen molar-refractivity contribution in [2.75, 3.05) is 11.4 Å². The van der Waals surface area contributed by atoms with Gasteiger partial charge in [0.05, 0.1) is 10.7 Å². The largest absolute Gasteiger partial charge is 0.478 e. The van der Waals surface area contributed by atoms with Crippen molar-refractivity contribution in [2.24, 2.45) is 0 Å². The van der Waals surface area contributed by atoms with Crippen molar-refractivity contribution in [3.05, 3.63) is 34.9 Å². The lowest BCUT2D eigenvalue weighted by Gasteiger charge is -2.28. The molecule has 0 aliphatic rings. The number of aliphatic carboxylic acids is 1. The van der Waals surface area contributed by atoms with E-state index in [1.165, 1.54) is 6.08 Å². The molecule has 1 N–H and O–H groups in total. The van der Waals surface area contributed by atoms with Crippen molar-refractivity contribution in [3.8, 4) is 0 Å². The van der Waals surface area contributed by atoms with Gasteiger partial charge in [-0.2, -0.15) is 0 Å². The molecule has 0 saturated carbocycles. The number of nitrogens with zero attached hydrogens (tertiary/aromatic N) is 1. The number of carbonyl (C=O) groups is 1. The quantitative estimate of drug-likeness (QED) is 0.828. The molecule has 3 nitrogen and oxygen atoms in total. The van der Waals surface area contributed by atoms with Gasteiger partial charge in [-0.3, -0.25) is 0 Å². The molecule has 0 aliphatic heterocycles. The topological polar surface area (TPSA) is 40.5 Å². The van der Waals surface area contributed by atoms with Crippen LogP contribution in [0.5, 0.6) is 0 Å². The van der Waals surface area contributed by atoms with Crippen LogP contribution in [-0.4, -0.2) is 23.7 Å². The van der Waals surface area contributed by atoms with E-state index in [2.05, 4.69) is 25.7 Å². The zero-order valence-corrected chi connectivity index (χ0v) is 11.6. The van der Waals surface area contributed by atoms with Gasteiger partial charge in [-0.05, 0) is 44.5 Å². The van der Waals surface area contributed by atoms with Crippen LogP contribution >= 0.6 is 11.6 Å². The lowest BCUT2D eigenvalue weighted by molar-refractivity contribution is -0.131. The second-order valence-electron chi connectivity index (χ2n) is 4.26. The second kappa shape index (κ2) is 6.45. The van der Waals surface area contributed by atoms with Crippen LogP contribution in [0.4, 0.5) is 5.69 Å². The van der Waals surface area contributed by atoms with Gasteiger partial charge < -0.3 is 10.0 Å². The zero-order chi connectivity index (χ0) is 13.7. The van der Waals surface area contributed by atoms with Crippen LogP contribution in [0.3, 0.4) is 0 Å². The van der Waals surface area contributed by atoms with Gasteiger partial charge in [0, 0.05) is 18.7 Å². The normalized spacial score (nSPS) is 11.2. The van der Waals surface area contributed by atoms with E-state index in [9.17, 15) is 4.79 Å². The van der Waals surface area contributed by atoms with Gasteiger partial charge in [0.1, 0.15) is 0 Å². The second-order valence-corrected chi connectivity index (χ2v) is 4.67. The number of hydrogen-bond acceptors (Lipinski definition) is 2. The molecule has 0 radical (unpaired) electrons. The number of anilines is 1. The summed E-state index contributed by atoms with van der Waals surface area (Å²) in [4.78, 5) is 12.6. The maximum Gasteiger partial charge on any atom is 0.328 e. The Hall–Kier alpha value is -1.48. The third-order valence-electron chi connectivity index (χ3n) is 2.66. The minimum absolute atomic E-state index is 0.368. The van der Waals surface area contributed by atoms with Crippen molar-refractivity contribution in [3.63, 3.8) is 0 Å². The lowest BCUT2D eigenvalue weighted by atomic mass is 10.1. The molecule has 0 bridgehead atoms. The van der Waals surface area contributed by atoms with Crippen molar-refractivity contribution >= 4 is 29.3 Å². The monoisotopic (exact) mass is 267 g/mol. The van der Waals surface area contributed by atoms with E-state index >= 15 is 0 Å². The molecule has 1 rings (SSSR count). The lowest BCUT2D eigenvalue weighted by Crippen LogP contribution is -2.30. The minimum atomic E-state index is -0.965. The number of halogens is 1. The Bertz CT molecular complexity index is 455. The van der Waals surface area contributed by atoms with Crippen LogP contribution in [0.15, 0.2) is 24.3 Å². The summed E-state index contributed by atoms with van der Waals surface area (Å²) in [5, 5.41) is 9.21. The molecule has 0 heterocycles. The van der Waals surface area contributed by atoms with E-state index < -0.39 is 5.97 Å². The van der Waals surface area contributed by atoms with Crippen LogP contribution in [0.2, 0.25) is 5.02 Å². The predicted octanol–water partition coefficient (Wildman–Crippen LogP) is 3.67. The summed E-state index contributed by atoms with van der Waals surface area (Å²) in [5.74, 6) is -0.965. The summed E-state index contributed by atoms with van der Waals surface area (Å²) in [7, 11) is 0. The van der Waals surface area contributed by atoms with E-state index in [1.807, 2.05) is 12.1 Å². The van der Waals surface area contributed by atoms with Crippen LogP contribution in [0.1, 0.15) is 26.3 Å². The average molecular weight is 268 g/mol. The number of benzene rings is 1. The van der Waals surface area contributed by atoms with Gasteiger partial charge in [-0.25, -0.2) is 4.79 Å². The van der Waals surface area contributed by atoms with E-state index in [0.29, 0.717) is 11.1 Å². The van der Waals surface area contributed by atoms with E-state index in [4.69, 9.17) is 16.7 Å². The molecule has 0 unspecified atom stereocenters. The maximum atomic E-state index is 10.4. The van der Waals surface area contributed by atoms with Crippen molar-refractivity contribution in [1.82, 2.24) is 0 Å². The molecular formula is C14H18ClNO2. The predicted molar refractivity (Wildman–Crippen MR) is 76.3 cm³/mol. The molecule has 18 heavy (non-hydrogen) atoms. The Kier molecular flexibility index (Phi) is 5.23. The highest BCUT2D eigenvalue weighted by molar-refractivity contribution is 6.33. The van der Waals surface area contributed by atoms with Crippen molar-refractivity contribution < 1.29 is 9.90 Å². The summed E-state index contributed by atoms with van der Waals surface area (Å²) < 4.78 is 0. The van der Waals surface area contributed by atoms with E-state index in [-0.39, 0.29) is 0 Å². The van der Waals surface area contributed by atoms with Crippen LogP contribution in [0, 0.1) is 0 Å². The van der Waals surface area contributed by atoms with Gasteiger partial charge in [-0.15, -0.1) is 0 Å². The van der Waals surface area contributed by atoms with E-state index in [0.717, 1.165) is 23.9 Å². The molecule has 0 fully saturated rings. The Morgan fingerprint density at radius 3 is 2.61 bits per heavy atom. The summed E-state index contributed by atoms with van der Waals surface area (Å²) in [6.07, 6.45) is 2.63. The Labute approximate surface area is 113 Å². The highest BCUT2D eigenvalue weighted by Crippen LogP contribution is 2.28. The molecule has 0 aromatic heterocycles. The third-order valence-corrected chi connectivity index (χ3v) is 2.97. The van der Waals surface area contributed by atoms with Crippen molar-refractivity contribution in [1.29, 1.82) is 0 Å². The minimum Gasteiger partial charge on any atom is -0.478 e. The summed E-state index contributed by atoms with van der Waals surface area (Å²) in [5.41, 5.74) is 1.76. The van der Waals surface area contributed by atoms with Crippen molar-refractivity contribution in [2.45, 2.75) is 26.8 Å². The maximum absolute atomic E-state index is 10.4. The van der Waals surface area contributed by atoms with Crippen LogP contribution < -0.4 is 4.90 Å². The van der Waals surface area contributed by atoms with Crippen LogP contribution in [-0.2, 0) is 4.79 Å². The SMILES string of the molecule is CCN(c1ccc(/C=C/C(=O)O)cc1Cl)C(C)C. The first-order chi connectivity index (χ1) is 8.45. The average Bonchev–Trinajstić information content (AvgIpc) is 2.29. The first-order valence-electron chi connectivity index (χ1n) is 5.93. The zero-order valence-electron chi connectivity index (χ0n) is 10.9. The Balaban J connectivity index is 3.02. The van der Waals surface area contributed by atoms with E-state index in [1.54, 1.807) is 6.07 Å². The van der Waals surface area contributed by atoms with Gasteiger partial charge >= 0.3 is 5.97 Å². The summed E-state index contributed by atoms with van der Waals surface area (Å²) in [6, 6.07) is 5.94. The fourth-order valence-corrected chi connectivity index (χ4v) is 2.14. The summed E-state index contributed by atoms with van der Waals surface area (Å²) >= 11 is 6.24. The fourth-order valence-electron chi connectivity index (χ4n) is 1.84. The number of carboxylic acid groups (broad SMARTS) is 1. The molecule has 0 amide bonds. The van der Waals surface area contributed by atoms with Gasteiger partial charge in [0.2, 0.25) is 0 Å². The first kappa shape index (κ1) is 14.6. The third kappa shape index (κ3) is 3.77. The summed E-state index contributed by atoms with van der Waals surface area (Å²) in [6.45, 7) is 7.17.